The molecule has 6 heteroatoms. The topological polar surface area (TPSA) is 49.4 Å². The molecule has 0 aliphatic heterocycles. The van der Waals surface area contributed by atoms with Crippen molar-refractivity contribution in [1.29, 1.82) is 0 Å². The summed E-state index contributed by atoms with van der Waals surface area (Å²) >= 11 is 1.60. The molecule has 116 valence electrons. The Labute approximate surface area is 132 Å². The van der Waals surface area contributed by atoms with E-state index in [1.807, 2.05) is 18.4 Å². The van der Waals surface area contributed by atoms with Gasteiger partial charge in [-0.05, 0) is 42.1 Å². The summed E-state index contributed by atoms with van der Waals surface area (Å²) in [4.78, 5) is 26.6. The van der Waals surface area contributed by atoms with Gasteiger partial charge in [0.2, 0.25) is 5.91 Å². The highest BCUT2D eigenvalue weighted by Crippen LogP contribution is 2.17. The van der Waals surface area contributed by atoms with E-state index in [1.165, 1.54) is 18.2 Å². The van der Waals surface area contributed by atoms with Crippen LogP contribution in [0, 0.1) is 12.7 Å². The van der Waals surface area contributed by atoms with Gasteiger partial charge in [0.1, 0.15) is 5.82 Å². The van der Waals surface area contributed by atoms with Crippen molar-refractivity contribution in [3.05, 3.63) is 57.5 Å². The number of carbonyl (C=O) groups excluding carboxylic acids is 2. The van der Waals surface area contributed by atoms with Crippen molar-refractivity contribution < 1.29 is 14.0 Å². The molecule has 1 heterocycles. The van der Waals surface area contributed by atoms with E-state index < -0.39 is 11.7 Å². The van der Waals surface area contributed by atoms with E-state index in [2.05, 4.69) is 5.32 Å². The van der Waals surface area contributed by atoms with Gasteiger partial charge in [0.25, 0.3) is 5.91 Å². The maximum absolute atomic E-state index is 13.1. The summed E-state index contributed by atoms with van der Waals surface area (Å²) in [5.74, 6) is -1.14. The highest BCUT2D eigenvalue weighted by molar-refractivity contribution is 7.10. The SMILES string of the molecule is Cc1ccsc1CN(C)C(=O)CNC(=O)c1cccc(F)c1. The molecule has 1 aromatic carbocycles. The number of aryl methyl sites for hydroxylation is 1. The molecule has 0 saturated carbocycles. The molecule has 4 nitrogen and oxygen atoms in total. The van der Waals surface area contributed by atoms with Crippen LogP contribution in [-0.4, -0.2) is 30.3 Å². The first-order chi connectivity index (χ1) is 10.5. The quantitative estimate of drug-likeness (QED) is 0.920. The fourth-order valence-electron chi connectivity index (χ4n) is 1.89. The Hall–Kier alpha value is -2.21. The van der Waals surface area contributed by atoms with Crippen molar-refractivity contribution in [2.45, 2.75) is 13.5 Å². The molecule has 0 radical (unpaired) electrons. The van der Waals surface area contributed by atoms with Crippen LogP contribution < -0.4 is 5.32 Å². The first-order valence-corrected chi connectivity index (χ1v) is 7.66. The number of halogens is 1. The van der Waals surface area contributed by atoms with E-state index in [9.17, 15) is 14.0 Å². The lowest BCUT2D eigenvalue weighted by Gasteiger charge is -2.17. The van der Waals surface area contributed by atoms with Gasteiger partial charge < -0.3 is 10.2 Å². The molecule has 0 atom stereocenters. The average molecular weight is 320 g/mol. The first kappa shape index (κ1) is 16.2. The van der Waals surface area contributed by atoms with E-state index >= 15 is 0 Å². The molecule has 2 rings (SSSR count). The molecule has 0 fully saturated rings. The minimum atomic E-state index is -0.482. The molecule has 1 aromatic heterocycles. The van der Waals surface area contributed by atoms with Crippen molar-refractivity contribution in [2.24, 2.45) is 0 Å². The first-order valence-electron chi connectivity index (χ1n) is 6.78. The number of thiophene rings is 1. The van der Waals surface area contributed by atoms with Crippen molar-refractivity contribution >= 4 is 23.2 Å². The number of hydrogen-bond acceptors (Lipinski definition) is 3. The molecule has 2 amide bonds. The van der Waals surface area contributed by atoms with E-state index in [0.29, 0.717) is 6.54 Å². The zero-order valence-electron chi connectivity index (χ0n) is 12.4. The van der Waals surface area contributed by atoms with Crippen LogP contribution in [0.3, 0.4) is 0 Å². The van der Waals surface area contributed by atoms with Gasteiger partial charge in [-0.15, -0.1) is 11.3 Å². The lowest BCUT2D eigenvalue weighted by Crippen LogP contribution is -2.37. The standard InChI is InChI=1S/C16H17FN2O2S/c1-11-6-7-22-14(11)10-19(2)15(20)9-18-16(21)12-4-3-5-13(17)8-12/h3-8H,9-10H2,1-2H3,(H,18,21). The second-order valence-corrected chi connectivity index (χ2v) is 5.97. The van der Waals surface area contributed by atoms with Gasteiger partial charge in [-0.2, -0.15) is 0 Å². The van der Waals surface area contributed by atoms with Crippen molar-refractivity contribution in [3.8, 4) is 0 Å². The molecule has 1 N–H and O–H groups in total. The van der Waals surface area contributed by atoms with Gasteiger partial charge >= 0.3 is 0 Å². The maximum atomic E-state index is 13.1. The lowest BCUT2D eigenvalue weighted by atomic mass is 10.2. The summed E-state index contributed by atoms with van der Waals surface area (Å²) in [6.45, 7) is 2.39. The van der Waals surface area contributed by atoms with Gasteiger partial charge in [0.15, 0.2) is 0 Å². The molecule has 22 heavy (non-hydrogen) atoms. The van der Waals surface area contributed by atoms with E-state index in [4.69, 9.17) is 0 Å². The molecular weight excluding hydrogens is 303 g/mol. The second-order valence-electron chi connectivity index (χ2n) is 4.97. The summed E-state index contributed by atoms with van der Waals surface area (Å²) in [6, 6.07) is 7.36. The van der Waals surface area contributed by atoms with Crippen LogP contribution in [0.5, 0.6) is 0 Å². The fraction of sp³-hybridized carbons (Fsp3) is 0.250. The largest absolute Gasteiger partial charge is 0.343 e. The average Bonchev–Trinajstić information content (AvgIpc) is 2.89. The third-order valence-electron chi connectivity index (χ3n) is 3.26. The van der Waals surface area contributed by atoms with Crippen LogP contribution in [0.25, 0.3) is 0 Å². The molecule has 0 aliphatic carbocycles. The summed E-state index contributed by atoms with van der Waals surface area (Å²) < 4.78 is 13.1. The Morgan fingerprint density at radius 3 is 2.73 bits per heavy atom. The predicted octanol–water partition coefficient (Wildman–Crippen LogP) is 2.58. The number of amides is 2. The van der Waals surface area contributed by atoms with E-state index in [0.717, 1.165) is 16.5 Å². The van der Waals surface area contributed by atoms with Crippen molar-refractivity contribution in [3.63, 3.8) is 0 Å². The molecule has 0 spiro atoms. The summed E-state index contributed by atoms with van der Waals surface area (Å²) in [7, 11) is 1.69. The number of hydrogen-bond donors (Lipinski definition) is 1. The zero-order chi connectivity index (χ0) is 16.1. The summed E-state index contributed by atoms with van der Waals surface area (Å²) in [6.07, 6.45) is 0. The predicted molar refractivity (Wildman–Crippen MR) is 84.3 cm³/mol. The number of nitrogens with zero attached hydrogens (tertiary/aromatic N) is 1. The number of rotatable bonds is 5. The number of benzene rings is 1. The van der Waals surface area contributed by atoms with Crippen LogP contribution in [0.2, 0.25) is 0 Å². The third kappa shape index (κ3) is 4.14. The number of carbonyl (C=O) groups is 2. The number of nitrogens with one attached hydrogen (secondary N) is 1. The van der Waals surface area contributed by atoms with E-state index in [1.54, 1.807) is 23.3 Å². The van der Waals surface area contributed by atoms with Crippen LogP contribution in [-0.2, 0) is 11.3 Å². The third-order valence-corrected chi connectivity index (χ3v) is 4.27. The van der Waals surface area contributed by atoms with Crippen molar-refractivity contribution in [1.82, 2.24) is 10.2 Å². The molecule has 0 unspecified atom stereocenters. The molecule has 0 saturated heterocycles. The Bertz CT molecular complexity index is 684. The molecule has 0 bridgehead atoms. The highest BCUT2D eigenvalue weighted by atomic mass is 32.1. The monoisotopic (exact) mass is 320 g/mol. The van der Waals surface area contributed by atoms with Crippen LogP contribution in [0.15, 0.2) is 35.7 Å². The Morgan fingerprint density at radius 1 is 1.32 bits per heavy atom. The maximum Gasteiger partial charge on any atom is 0.251 e. The van der Waals surface area contributed by atoms with Crippen LogP contribution in [0.4, 0.5) is 4.39 Å². The highest BCUT2D eigenvalue weighted by Gasteiger charge is 2.13. The minimum Gasteiger partial charge on any atom is -0.343 e. The summed E-state index contributed by atoms with van der Waals surface area (Å²) in [5.41, 5.74) is 1.35. The van der Waals surface area contributed by atoms with Crippen LogP contribution in [0.1, 0.15) is 20.8 Å². The molecule has 2 aromatic rings. The van der Waals surface area contributed by atoms with Gasteiger partial charge in [0.05, 0.1) is 13.1 Å². The Morgan fingerprint density at radius 2 is 2.09 bits per heavy atom. The fourth-order valence-corrected chi connectivity index (χ4v) is 2.85. The Balaban J connectivity index is 1.87. The number of likely N-dealkylation sites (N-methyl/N-ethyl adjacent to an activating group) is 1. The van der Waals surface area contributed by atoms with Crippen molar-refractivity contribution in [2.75, 3.05) is 13.6 Å². The minimum absolute atomic E-state index is 0.115. The molecule has 0 aliphatic rings. The van der Waals surface area contributed by atoms with E-state index in [-0.39, 0.29) is 18.0 Å². The van der Waals surface area contributed by atoms with Crippen LogP contribution >= 0.6 is 11.3 Å². The van der Waals surface area contributed by atoms with Gasteiger partial charge in [-0.1, -0.05) is 6.07 Å². The van der Waals surface area contributed by atoms with Gasteiger partial charge in [-0.3, -0.25) is 9.59 Å². The second kappa shape index (κ2) is 7.17. The zero-order valence-corrected chi connectivity index (χ0v) is 13.2. The molecular formula is C16H17FN2O2S. The van der Waals surface area contributed by atoms with Gasteiger partial charge in [-0.25, -0.2) is 4.39 Å². The summed E-state index contributed by atoms with van der Waals surface area (Å²) in [5, 5.41) is 4.49. The van der Waals surface area contributed by atoms with Gasteiger partial charge in [0, 0.05) is 17.5 Å². The normalized spacial score (nSPS) is 10.3. The smallest absolute Gasteiger partial charge is 0.251 e. The Kier molecular flexibility index (Phi) is 5.27. The lowest BCUT2D eigenvalue weighted by molar-refractivity contribution is -0.129.